The molecule has 2 heterocycles. The van der Waals surface area contributed by atoms with Gasteiger partial charge in [-0.05, 0) is 24.5 Å². The van der Waals surface area contributed by atoms with Gasteiger partial charge in [-0.3, -0.25) is 4.98 Å². The van der Waals surface area contributed by atoms with Crippen LogP contribution in [0.5, 0.6) is 0 Å². The highest BCUT2D eigenvalue weighted by molar-refractivity contribution is 5.28. The van der Waals surface area contributed by atoms with E-state index in [4.69, 9.17) is 0 Å². The highest BCUT2D eigenvalue weighted by atomic mass is 15.2. The zero-order chi connectivity index (χ0) is 12.8. The summed E-state index contributed by atoms with van der Waals surface area (Å²) in [6, 6.07) is 4.13. The summed E-state index contributed by atoms with van der Waals surface area (Å²) in [4.78, 5) is 8.80. The Balaban J connectivity index is 2.15. The molecule has 0 radical (unpaired) electrons. The summed E-state index contributed by atoms with van der Waals surface area (Å²) in [5, 5.41) is 3.32. The van der Waals surface area contributed by atoms with E-state index in [0.29, 0.717) is 0 Å². The number of rotatable bonds is 6. The molecule has 0 atom stereocenters. The summed E-state index contributed by atoms with van der Waals surface area (Å²) >= 11 is 0. The maximum Gasteiger partial charge on any atom is 0.203 e. The molecule has 2 aromatic rings. The standard InChI is InChI=1S/C14H20N4/c1-3-7-16-14-17-9-10-18(14)11-13-12(4-2)6-5-8-15-13/h5-6,8-10H,3-4,7,11H2,1-2H3,(H,16,17). The molecular formula is C14H20N4. The Morgan fingerprint density at radius 2 is 2.11 bits per heavy atom. The average Bonchev–Trinajstić information content (AvgIpc) is 2.84. The van der Waals surface area contributed by atoms with E-state index in [-0.39, 0.29) is 0 Å². The summed E-state index contributed by atoms with van der Waals surface area (Å²) in [6.45, 7) is 6.02. The second-order valence-electron chi connectivity index (χ2n) is 4.27. The Morgan fingerprint density at radius 1 is 1.22 bits per heavy atom. The molecular weight excluding hydrogens is 224 g/mol. The first-order valence-corrected chi connectivity index (χ1v) is 6.53. The second-order valence-corrected chi connectivity index (χ2v) is 4.27. The Hall–Kier alpha value is -1.84. The summed E-state index contributed by atoms with van der Waals surface area (Å²) in [6.07, 6.45) is 7.77. The molecule has 0 aliphatic heterocycles. The Morgan fingerprint density at radius 3 is 2.89 bits per heavy atom. The van der Waals surface area contributed by atoms with Gasteiger partial charge in [0.1, 0.15) is 0 Å². The third-order valence-corrected chi connectivity index (χ3v) is 2.93. The fraction of sp³-hybridized carbons (Fsp3) is 0.429. The van der Waals surface area contributed by atoms with Crippen LogP contribution in [0.2, 0.25) is 0 Å². The molecule has 0 aliphatic rings. The van der Waals surface area contributed by atoms with Gasteiger partial charge >= 0.3 is 0 Å². The maximum atomic E-state index is 4.47. The predicted octanol–water partition coefficient (Wildman–Crippen LogP) is 2.71. The monoisotopic (exact) mass is 244 g/mol. The van der Waals surface area contributed by atoms with Crippen molar-refractivity contribution in [3.05, 3.63) is 42.0 Å². The van der Waals surface area contributed by atoms with Crippen LogP contribution in [0.4, 0.5) is 5.95 Å². The van der Waals surface area contributed by atoms with Crippen LogP contribution in [0.3, 0.4) is 0 Å². The van der Waals surface area contributed by atoms with E-state index in [1.807, 2.05) is 24.7 Å². The molecule has 0 saturated carbocycles. The van der Waals surface area contributed by atoms with Crippen molar-refractivity contribution in [1.82, 2.24) is 14.5 Å². The minimum absolute atomic E-state index is 0.774. The fourth-order valence-corrected chi connectivity index (χ4v) is 1.94. The van der Waals surface area contributed by atoms with Crippen LogP contribution in [-0.4, -0.2) is 21.1 Å². The van der Waals surface area contributed by atoms with Gasteiger partial charge in [0.2, 0.25) is 5.95 Å². The molecule has 2 rings (SSSR count). The van der Waals surface area contributed by atoms with Crippen LogP contribution >= 0.6 is 0 Å². The van der Waals surface area contributed by atoms with Gasteiger partial charge in [0, 0.05) is 25.1 Å². The first-order chi connectivity index (χ1) is 8.85. The molecule has 96 valence electrons. The number of hydrogen-bond donors (Lipinski definition) is 1. The maximum absolute atomic E-state index is 4.47. The number of nitrogens with one attached hydrogen (secondary N) is 1. The Bertz CT molecular complexity index is 490. The molecule has 0 aromatic carbocycles. The molecule has 0 bridgehead atoms. The van der Waals surface area contributed by atoms with Gasteiger partial charge in [0.15, 0.2) is 0 Å². The molecule has 0 fully saturated rings. The lowest BCUT2D eigenvalue weighted by atomic mass is 10.1. The van der Waals surface area contributed by atoms with Crippen molar-refractivity contribution >= 4 is 5.95 Å². The van der Waals surface area contributed by atoms with Crippen molar-refractivity contribution in [2.24, 2.45) is 0 Å². The first-order valence-electron chi connectivity index (χ1n) is 6.53. The fourth-order valence-electron chi connectivity index (χ4n) is 1.94. The SMILES string of the molecule is CCCNc1nccn1Cc1ncccc1CC. The van der Waals surface area contributed by atoms with E-state index in [1.165, 1.54) is 5.56 Å². The van der Waals surface area contributed by atoms with E-state index in [1.54, 1.807) is 0 Å². The van der Waals surface area contributed by atoms with Crippen LogP contribution in [0.1, 0.15) is 31.5 Å². The van der Waals surface area contributed by atoms with Crippen LogP contribution < -0.4 is 5.32 Å². The molecule has 0 spiro atoms. The van der Waals surface area contributed by atoms with Gasteiger partial charge in [-0.15, -0.1) is 0 Å². The van der Waals surface area contributed by atoms with Crippen molar-refractivity contribution < 1.29 is 0 Å². The van der Waals surface area contributed by atoms with Crippen LogP contribution in [-0.2, 0) is 13.0 Å². The van der Waals surface area contributed by atoms with Gasteiger partial charge < -0.3 is 9.88 Å². The quantitative estimate of drug-likeness (QED) is 0.849. The number of nitrogens with zero attached hydrogens (tertiary/aromatic N) is 3. The van der Waals surface area contributed by atoms with Crippen molar-refractivity contribution in [3.63, 3.8) is 0 Å². The number of aromatic nitrogens is 3. The molecule has 0 unspecified atom stereocenters. The largest absolute Gasteiger partial charge is 0.356 e. The van der Waals surface area contributed by atoms with E-state index >= 15 is 0 Å². The number of pyridine rings is 1. The second kappa shape index (κ2) is 6.19. The van der Waals surface area contributed by atoms with Crippen molar-refractivity contribution in [3.8, 4) is 0 Å². The van der Waals surface area contributed by atoms with E-state index < -0.39 is 0 Å². The van der Waals surface area contributed by atoms with E-state index in [9.17, 15) is 0 Å². The highest BCUT2D eigenvalue weighted by Gasteiger charge is 2.06. The minimum Gasteiger partial charge on any atom is -0.356 e. The normalized spacial score (nSPS) is 10.6. The molecule has 2 aromatic heterocycles. The van der Waals surface area contributed by atoms with E-state index in [0.717, 1.165) is 37.6 Å². The van der Waals surface area contributed by atoms with Crippen molar-refractivity contribution in [1.29, 1.82) is 0 Å². The summed E-state index contributed by atoms with van der Waals surface area (Å²) in [5.41, 5.74) is 2.42. The molecule has 0 amide bonds. The number of hydrogen-bond acceptors (Lipinski definition) is 3. The lowest BCUT2D eigenvalue weighted by Gasteiger charge is -2.11. The lowest BCUT2D eigenvalue weighted by molar-refractivity contribution is 0.759. The third-order valence-electron chi connectivity index (χ3n) is 2.93. The zero-order valence-corrected chi connectivity index (χ0v) is 11.1. The number of imidazole rings is 1. The summed E-state index contributed by atoms with van der Waals surface area (Å²) in [5.74, 6) is 0.921. The zero-order valence-electron chi connectivity index (χ0n) is 11.1. The van der Waals surface area contributed by atoms with Crippen LogP contribution in [0.15, 0.2) is 30.7 Å². The smallest absolute Gasteiger partial charge is 0.203 e. The summed E-state index contributed by atoms with van der Waals surface area (Å²) in [7, 11) is 0. The van der Waals surface area contributed by atoms with Crippen molar-refractivity contribution in [2.75, 3.05) is 11.9 Å². The minimum atomic E-state index is 0.774. The number of anilines is 1. The molecule has 18 heavy (non-hydrogen) atoms. The predicted molar refractivity (Wildman–Crippen MR) is 73.7 cm³/mol. The molecule has 1 N–H and O–H groups in total. The lowest BCUT2D eigenvalue weighted by Crippen LogP contribution is -2.10. The topological polar surface area (TPSA) is 42.7 Å². The Kier molecular flexibility index (Phi) is 4.34. The van der Waals surface area contributed by atoms with Crippen molar-refractivity contribution in [2.45, 2.75) is 33.2 Å². The van der Waals surface area contributed by atoms with Gasteiger partial charge in [-0.1, -0.05) is 19.9 Å². The molecule has 0 aliphatic carbocycles. The highest BCUT2D eigenvalue weighted by Crippen LogP contribution is 2.12. The molecule has 4 heteroatoms. The van der Waals surface area contributed by atoms with Crippen LogP contribution in [0.25, 0.3) is 0 Å². The van der Waals surface area contributed by atoms with Gasteiger partial charge in [-0.2, -0.15) is 0 Å². The summed E-state index contributed by atoms with van der Waals surface area (Å²) < 4.78 is 2.11. The molecule has 0 saturated heterocycles. The number of aryl methyl sites for hydroxylation is 1. The van der Waals surface area contributed by atoms with Crippen LogP contribution in [0, 0.1) is 0 Å². The average molecular weight is 244 g/mol. The van der Waals surface area contributed by atoms with Gasteiger partial charge in [0.25, 0.3) is 0 Å². The van der Waals surface area contributed by atoms with E-state index in [2.05, 4.69) is 39.8 Å². The Labute approximate surface area is 108 Å². The van der Waals surface area contributed by atoms with Gasteiger partial charge in [-0.25, -0.2) is 4.98 Å². The first kappa shape index (κ1) is 12.6. The molecule has 4 nitrogen and oxygen atoms in total. The van der Waals surface area contributed by atoms with Gasteiger partial charge in [0.05, 0.1) is 12.2 Å². The third kappa shape index (κ3) is 2.88.